The highest BCUT2D eigenvalue weighted by atomic mass is 35.5. The van der Waals surface area contributed by atoms with Gasteiger partial charge in [0.25, 0.3) is 5.88 Å². The molecule has 2 nitrogen and oxygen atoms in total. The fourth-order valence-corrected chi connectivity index (χ4v) is 0.718. The molecule has 0 bridgehead atoms. The Hall–Kier alpha value is -0.970. The van der Waals surface area contributed by atoms with Crippen molar-refractivity contribution in [2.24, 2.45) is 0 Å². The molecule has 0 aromatic carbocycles. The summed E-state index contributed by atoms with van der Waals surface area (Å²) in [5, 5.41) is 0.0223. The van der Waals surface area contributed by atoms with Gasteiger partial charge in [-0.2, -0.15) is 8.78 Å². The highest BCUT2D eigenvalue weighted by molar-refractivity contribution is 6.30. The molecule has 0 aliphatic carbocycles. The SMILES string of the molecule is Fc1cc(Cl)cnc1OC(F)F. The number of aromatic nitrogens is 1. The molecule has 1 heterocycles. The van der Waals surface area contributed by atoms with E-state index in [4.69, 9.17) is 11.6 Å². The Labute approximate surface area is 70.9 Å². The first-order valence-electron chi connectivity index (χ1n) is 2.85. The summed E-state index contributed by atoms with van der Waals surface area (Å²) in [6.45, 7) is -3.09. The third-order valence-corrected chi connectivity index (χ3v) is 1.18. The Morgan fingerprint density at radius 1 is 1.50 bits per heavy atom. The standard InChI is InChI=1S/C6H3ClF3NO/c7-3-1-4(8)5(11-2-3)12-6(9)10/h1-2,6H. The number of ether oxygens (including phenoxy) is 1. The van der Waals surface area contributed by atoms with E-state index < -0.39 is 18.3 Å². The van der Waals surface area contributed by atoms with E-state index in [0.717, 1.165) is 12.3 Å². The zero-order valence-corrected chi connectivity index (χ0v) is 6.36. The number of nitrogens with zero attached hydrogens (tertiary/aromatic N) is 1. The van der Waals surface area contributed by atoms with Crippen molar-refractivity contribution < 1.29 is 17.9 Å². The third-order valence-electron chi connectivity index (χ3n) is 0.975. The van der Waals surface area contributed by atoms with E-state index in [0.29, 0.717) is 0 Å². The lowest BCUT2D eigenvalue weighted by molar-refractivity contribution is -0.0553. The first-order chi connectivity index (χ1) is 5.59. The molecule has 1 aromatic rings. The zero-order chi connectivity index (χ0) is 9.14. The van der Waals surface area contributed by atoms with Gasteiger partial charge in [-0.05, 0) is 6.07 Å². The smallest absolute Gasteiger partial charge is 0.388 e. The lowest BCUT2D eigenvalue weighted by Gasteiger charge is -2.03. The summed E-state index contributed by atoms with van der Waals surface area (Å²) in [6.07, 6.45) is 1.02. The fourth-order valence-electron chi connectivity index (χ4n) is 0.573. The molecule has 0 aliphatic rings. The topological polar surface area (TPSA) is 22.1 Å². The van der Waals surface area contributed by atoms with Gasteiger partial charge in [0.2, 0.25) is 0 Å². The van der Waals surface area contributed by atoms with Gasteiger partial charge in [0.05, 0.1) is 5.02 Å². The molecule has 0 unspecified atom stereocenters. The third kappa shape index (κ3) is 2.27. The van der Waals surface area contributed by atoms with Crippen LogP contribution in [0.1, 0.15) is 0 Å². The van der Waals surface area contributed by atoms with Gasteiger partial charge in [-0.3, -0.25) is 0 Å². The number of hydrogen-bond acceptors (Lipinski definition) is 2. The summed E-state index contributed by atoms with van der Waals surface area (Å²) in [7, 11) is 0. The highest BCUT2D eigenvalue weighted by Crippen LogP contribution is 2.18. The molecule has 0 N–H and O–H groups in total. The quantitative estimate of drug-likeness (QED) is 0.727. The van der Waals surface area contributed by atoms with Crippen LogP contribution in [0.2, 0.25) is 5.02 Å². The molecule has 0 atom stereocenters. The molecule has 1 rings (SSSR count). The average molecular weight is 198 g/mol. The van der Waals surface area contributed by atoms with Gasteiger partial charge < -0.3 is 4.74 Å². The van der Waals surface area contributed by atoms with Crippen LogP contribution >= 0.6 is 11.6 Å². The Morgan fingerprint density at radius 3 is 2.67 bits per heavy atom. The predicted octanol–water partition coefficient (Wildman–Crippen LogP) is 2.48. The minimum Gasteiger partial charge on any atom is -0.414 e. The Morgan fingerprint density at radius 2 is 2.17 bits per heavy atom. The molecule has 0 spiro atoms. The molecule has 0 fully saturated rings. The molecule has 66 valence electrons. The van der Waals surface area contributed by atoms with Crippen LogP contribution in [0.3, 0.4) is 0 Å². The maximum atomic E-state index is 12.6. The molecular weight excluding hydrogens is 195 g/mol. The summed E-state index contributed by atoms with van der Waals surface area (Å²) in [4.78, 5) is 3.21. The van der Waals surface area contributed by atoms with Gasteiger partial charge in [-0.1, -0.05) is 11.6 Å². The predicted molar refractivity (Wildman–Crippen MR) is 35.8 cm³/mol. The van der Waals surface area contributed by atoms with Gasteiger partial charge in [0.15, 0.2) is 5.82 Å². The second-order valence-corrected chi connectivity index (χ2v) is 2.26. The van der Waals surface area contributed by atoms with E-state index in [1.54, 1.807) is 0 Å². The van der Waals surface area contributed by atoms with Crippen LogP contribution in [0.4, 0.5) is 13.2 Å². The molecule has 0 amide bonds. The fraction of sp³-hybridized carbons (Fsp3) is 0.167. The maximum absolute atomic E-state index is 12.6. The molecule has 12 heavy (non-hydrogen) atoms. The monoisotopic (exact) mass is 197 g/mol. The van der Waals surface area contributed by atoms with Gasteiger partial charge >= 0.3 is 6.61 Å². The summed E-state index contributed by atoms with van der Waals surface area (Å²) in [5.41, 5.74) is 0. The van der Waals surface area contributed by atoms with Gasteiger partial charge in [0.1, 0.15) is 0 Å². The maximum Gasteiger partial charge on any atom is 0.388 e. The number of hydrogen-bond donors (Lipinski definition) is 0. The van der Waals surface area contributed by atoms with E-state index in [1.807, 2.05) is 0 Å². The summed E-state index contributed by atoms with van der Waals surface area (Å²) < 4.78 is 39.4. The minimum absolute atomic E-state index is 0.0223. The summed E-state index contributed by atoms with van der Waals surface area (Å²) in [6, 6.07) is 0.840. The van der Waals surface area contributed by atoms with Crippen LogP contribution < -0.4 is 4.74 Å². The van der Waals surface area contributed by atoms with Gasteiger partial charge in [-0.25, -0.2) is 9.37 Å². The van der Waals surface area contributed by atoms with E-state index in [9.17, 15) is 13.2 Å². The van der Waals surface area contributed by atoms with E-state index in [-0.39, 0.29) is 5.02 Å². The van der Waals surface area contributed by atoms with Crippen LogP contribution in [0.25, 0.3) is 0 Å². The second kappa shape index (κ2) is 3.62. The lowest BCUT2D eigenvalue weighted by Crippen LogP contribution is -2.05. The van der Waals surface area contributed by atoms with Crippen molar-refractivity contribution in [3.63, 3.8) is 0 Å². The van der Waals surface area contributed by atoms with Gasteiger partial charge in [-0.15, -0.1) is 0 Å². The van der Waals surface area contributed by atoms with Crippen molar-refractivity contribution >= 4 is 11.6 Å². The Balaban J connectivity index is 2.86. The van der Waals surface area contributed by atoms with Crippen LogP contribution in [0, 0.1) is 5.82 Å². The number of alkyl halides is 2. The lowest BCUT2D eigenvalue weighted by atomic mass is 10.5. The summed E-state index contributed by atoms with van der Waals surface area (Å²) >= 11 is 5.31. The second-order valence-electron chi connectivity index (χ2n) is 1.82. The molecule has 0 saturated carbocycles. The van der Waals surface area contributed by atoms with Crippen molar-refractivity contribution in [2.45, 2.75) is 6.61 Å². The molecule has 0 radical (unpaired) electrons. The van der Waals surface area contributed by atoms with Crippen LogP contribution in [-0.2, 0) is 0 Å². The van der Waals surface area contributed by atoms with Crippen molar-refractivity contribution in [3.05, 3.63) is 23.1 Å². The Bertz CT molecular complexity index is 281. The molecule has 0 aliphatic heterocycles. The van der Waals surface area contributed by atoms with Crippen LogP contribution in [-0.4, -0.2) is 11.6 Å². The van der Waals surface area contributed by atoms with Crippen molar-refractivity contribution in [2.75, 3.05) is 0 Å². The molecule has 1 aromatic heterocycles. The van der Waals surface area contributed by atoms with Gasteiger partial charge in [0, 0.05) is 6.20 Å². The number of rotatable bonds is 2. The first kappa shape index (κ1) is 9.12. The van der Waals surface area contributed by atoms with Crippen LogP contribution in [0.15, 0.2) is 12.3 Å². The largest absolute Gasteiger partial charge is 0.414 e. The highest BCUT2D eigenvalue weighted by Gasteiger charge is 2.10. The normalized spacial score (nSPS) is 10.4. The minimum atomic E-state index is -3.09. The number of pyridine rings is 1. The summed E-state index contributed by atoms with van der Waals surface area (Å²) in [5.74, 6) is -1.77. The van der Waals surface area contributed by atoms with E-state index in [2.05, 4.69) is 9.72 Å². The van der Waals surface area contributed by atoms with E-state index >= 15 is 0 Å². The van der Waals surface area contributed by atoms with Crippen molar-refractivity contribution in [3.8, 4) is 5.88 Å². The average Bonchev–Trinajstić information content (AvgIpc) is 1.94. The molecular formula is C6H3ClF3NO. The van der Waals surface area contributed by atoms with Crippen LogP contribution in [0.5, 0.6) is 5.88 Å². The Kier molecular flexibility index (Phi) is 2.75. The number of halogens is 4. The van der Waals surface area contributed by atoms with E-state index in [1.165, 1.54) is 0 Å². The van der Waals surface area contributed by atoms with Crippen molar-refractivity contribution in [1.29, 1.82) is 0 Å². The molecule has 6 heteroatoms. The van der Waals surface area contributed by atoms with Crippen molar-refractivity contribution in [1.82, 2.24) is 4.98 Å². The zero-order valence-electron chi connectivity index (χ0n) is 5.60. The molecule has 0 saturated heterocycles. The first-order valence-corrected chi connectivity index (χ1v) is 3.23.